The van der Waals surface area contributed by atoms with Gasteiger partial charge < -0.3 is 15.5 Å². The molecule has 2 aliphatic rings. The number of para-hydroxylation sites is 1. The minimum atomic E-state index is -0.643. The quantitative estimate of drug-likeness (QED) is 0.670. The fraction of sp³-hybridized carbons (Fsp3) is 0.280. The number of hydrogen-bond donors (Lipinski definition) is 1. The second-order valence-corrected chi connectivity index (χ2v) is 8.56. The Morgan fingerprint density at radius 1 is 0.939 bits per heavy atom. The van der Waals surface area contributed by atoms with E-state index >= 15 is 0 Å². The molecule has 8 nitrogen and oxygen atoms in total. The predicted octanol–water partition coefficient (Wildman–Crippen LogP) is 2.92. The Kier molecular flexibility index (Phi) is 5.00. The number of carbonyl (C=O) groups excluding carboxylic acids is 3. The number of primary amides is 1. The van der Waals surface area contributed by atoms with Crippen LogP contribution >= 0.6 is 0 Å². The van der Waals surface area contributed by atoms with E-state index in [-0.39, 0.29) is 17.5 Å². The number of amides is 3. The summed E-state index contributed by atoms with van der Waals surface area (Å²) < 4.78 is 1.55. The summed E-state index contributed by atoms with van der Waals surface area (Å²) in [5.41, 5.74) is 10.9. The van der Waals surface area contributed by atoms with Crippen molar-refractivity contribution >= 4 is 29.1 Å². The number of aryl methyl sites for hydroxylation is 2. The van der Waals surface area contributed by atoms with Crippen molar-refractivity contribution < 1.29 is 14.4 Å². The summed E-state index contributed by atoms with van der Waals surface area (Å²) in [6, 6.07) is 13.3. The van der Waals surface area contributed by atoms with Crippen molar-refractivity contribution in [1.29, 1.82) is 0 Å². The summed E-state index contributed by atoms with van der Waals surface area (Å²) in [6.07, 6.45) is 1.90. The molecule has 0 atom stereocenters. The van der Waals surface area contributed by atoms with Crippen LogP contribution in [0.5, 0.6) is 0 Å². The van der Waals surface area contributed by atoms with E-state index in [0.717, 1.165) is 41.2 Å². The number of aromatic nitrogens is 2. The first-order chi connectivity index (χ1) is 15.9. The van der Waals surface area contributed by atoms with Crippen LogP contribution in [0.1, 0.15) is 50.5 Å². The van der Waals surface area contributed by atoms with E-state index in [1.807, 2.05) is 61.2 Å². The molecule has 1 fully saturated rings. The molecule has 2 aromatic carbocycles. The van der Waals surface area contributed by atoms with Gasteiger partial charge in [-0.2, -0.15) is 5.10 Å². The van der Waals surface area contributed by atoms with Crippen LogP contribution in [0.25, 0.3) is 5.69 Å². The number of rotatable bonds is 4. The molecule has 8 heteroatoms. The number of nitrogens with zero attached hydrogens (tertiary/aromatic N) is 4. The molecule has 3 amide bonds. The first-order valence-electron chi connectivity index (χ1n) is 11.1. The van der Waals surface area contributed by atoms with Gasteiger partial charge >= 0.3 is 0 Å². The summed E-state index contributed by atoms with van der Waals surface area (Å²) in [5.74, 6) is -0.745. The summed E-state index contributed by atoms with van der Waals surface area (Å²) >= 11 is 0. The topological polar surface area (TPSA) is 102 Å². The number of benzene rings is 2. The second kappa shape index (κ2) is 7.88. The van der Waals surface area contributed by atoms with Crippen LogP contribution < -0.4 is 15.5 Å². The maximum Gasteiger partial charge on any atom is 0.277 e. The van der Waals surface area contributed by atoms with Gasteiger partial charge in [0.25, 0.3) is 11.8 Å². The van der Waals surface area contributed by atoms with E-state index in [2.05, 4.69) is 5.10 Å². The average molecular weight is 444 g/mol. The lowest BCUT2D eigenvalue weighted by molar-refractivity contribution is -0.117. The summed E-state index contributed by atoms with van der Waals surface area (Å²) in [7, 11) is 0. The number of carbonyl (C=O) groups is 3. The van der Waals surface area contributed by atoms with Crippen molar-refractivity contribution in [2.45, 2.75) is 33.1 Å². The van der Waals surface area contributed by atoms with Crippen molar-refractivity contribution in [2.75, 3.05) is 22.9 Å². The first-order valence-corrected chi connectivity index (χ1v) is 11.1. The molecule has 2 N–H and O–H groups in total. The van der Waals surface area contributed by atoms with Crippen LogP contribution in [-0.2, 0) is 11.2 Å². The van der Waals surface area contributed by atoms with E-state index in [1.165, 1.54) is 0 Å². The van der Waals surface area contributed by atoms with E-state index in [9.17, 15) is 14.4 Å². The summed E-state index contributed by atoms with van der Waals surface area (Å²) in [4.78, 5) is 41.5. The Labute approximate surface area is 191 Å². The SMILES string of the molecule is Cc1cc(N2CCc3c(C(N)=O)nn(-c4ccccc4C)c3C2=O)ccc1N1CCCC1=O. The number of hydrogen-bond acceptors (Lipinski definition) is 4. The fourth-order valence-electron chi connectivity index (χ4n) is 4.79. The molecular formula is C25H25N5O3. The minimum Gasteiger partial charge on any atom is -0.364 e. The van der Waals surface area contributed by atoms with Gasteiger partial charge in [-0.25, -0.2) is 4.68 Å². The molecular weight excluding hydrogens is 418 g/mol. The number of fused-ring (bicyclic) bond motifs is 1. The predicted molar refractivity (Wildman–Crippen MR) is 125 cm³/mol. The van der Waals surface area contributed by atoms with Crippen LogP contribution in [0, 0.1) is 13.8 Å². The van der Waals surface area contributed by atoms with Gasteiger partial charge in [-0.1, -0.05) is 18.2 Å². The van der Waals surface area contributed by atoms with E-state index in [1.54, 1.807) is 9.58 Å². The highest BCUT2D eigenvalue weighted by atomic mass is 16.2. The maximum absolute atomic E-state index is 13.7. The average Bonchev–Trinajstić information content (AvgIpc) is 3.38. The normalized spacial score (nSPS) is 15.8. The molecule has 0 spiro atoms. The smallest absolute Gasteiger partial charge is 0.277 e. The van der Waals surface area contributed by atoms with Crippen LogP contribution in [0.2, 0.25) is 0 Å². The van der Waals surface area contributed by atoms with E-state index in [0.29, 0.717) is 30.6 Å². The zero-order valence-corrected chi connectivity index (χ0v) is 18.7. The van der Waals surface area contributed by atoms with Crippen molar-refractivity contribution in [3.8, 4) is 5.69 Å². The van der Waals surface area contributed by atoms with Gasteiger partial charge in [0, 0.05) is 36.4 Å². The van der Waals surface area contributed by atoms with Crippen LogP contribution in [0.4, 0.5) is 11.4 Å². The standard InChI is InChI=1S/C25H25N5O3/c1-15-6-3-4-7-20(15)30-23-18(22(27-30)24(26)32)11-13-28(25(23)33)17-9-10-19(16(2)14-17)29-12-5-8-21(29)31/h3-4,6-7,9-10,14H,5,8,11-13H2,1-2H3,(H2,26,32). The van der Waals surface area contributed by atoms with Gasteiger partial charge in [0.15, 0.2) is 5.69 Å². The number of anilines is 2. The molecule has 33 heavy (non-hydrogen) atoms. The van der Waals surface area contributed by atoms with Gasteiger partial charge in [0.05, 0.1) is 5.69 Å². The second-order valence-electron chi connectivity index (χ2n) is 8.56. The first kappa shape index (κ1) is 20.9. The lowest BCUT2D eigenvalue weighted by atomic mass is 10.0. The molecule has 168 valence electrons. The molecule has 0 unspecified atom stereocenters. The highest BCUT2D eigenvalue weighted by Gasteiger charge is 2.35. The molecule has 0 saturated carbocycles. The third-order valence-corrected chi connectivity index (χ3v) is 6.45. The van der Waals surface area contributed by atoms with Gasteiger partial charge in [-0.05, 0) is 62.1 Å². The van der Waals surface area contributed by atoms with Crippen LogP contribution in [-0.4, -0.2) is 40.6 Å². The molecule has 3 aromatic rings. The minimum absolute atomic E-state index is 0.130. The zero-order chi connectivity index (χ0) is 23.3. The van der Waals surface area contributed by atoms with Crippen LogP contribution in [0.15, 0.2) is 42.5 Å². The largest absolute Gasteiger partial charge is 0.364 e. The lowest BCUT2D eigenvalue weighted by Crippen LogP contribution is -2.39. The van der Waals surface area contributed by atoms with Crippen molar-refractivity contribution in [2.24, 2.45) is 5.73 Å². The van der Waals surface area contributed by atoms with Gasteiger partial charge in [-0.3, -0.25) is 14.4 Å². The Bertz CT molecular complexity index is 1310. The Balaban J connectivity index is 1.56. The van der Waals surface area contributed by atoms with Crippen molar-refractivity contribution in [3.05, 3.63) is 70.5 Å². The van der Waals surface area contributed by atoms with E-state index < -0.39 is 5.91 Å². The molecule has 5 rings (SSSR count). The summed E-state index contributed by atoms with van der Waals surface area (Å²) in [5, 5.41) is 4.44. The summed E-state index contributed by atoms with van der Waals surface area (Å²) in [6.45, 7) is 5.01. The monoisotopic (exact) mass is 443 g/mol. The molecule has 0 bridgehead atoms. The Morgan fingerprint density at radius 3 is 2.39 bits per heavy atom. The Hall–Kier alpha value is -3.94. The number of nitrogens with two attached hydrogens (primary N) is 1. The molecule has 3 heterocycles. The zero-order valence-electron chi connectivity index (χ0n) is 18.7. The van der Waals surface area contributed by atoms with Gasteiger partial charge in [-0.15, -0.1) is 0 Å². The van der Waals surface area contributed by atoms with Crippen molar-refractivity contribution in [3.63, 3.8) is 0 Å². The molecule has 1 aromatic heterocycles. The third kappa shape index (κ3) is 3.38. The third-order valence-electron chi connectivity index (χ3n) is 6.45. The lowest BCUT2D eigenvalue weighted by Gasteiger charge is -2.29. The van der Waals surface area contributed by atoms with E-state index in [4.69, 9.17) is 5.73 Å². The van der Waals surface area contributed by atoms with Crippen molar-refractivity contribution in [1.82, 2.24) is 9.78 Å². The fourth-order valence-corrected chi connectivity index (χ4v) is 4.79. The van der Waals surface area contributed by atoms with Gasteiger partial charge in [0.2, 0.25) is 5.91 Å². The molecule has 0 aliphatic carbocycles. The van der Waals surface area contributed by atoms with Crippen LogP contribution in [0.3, 0.4) is 0 Å². The Morgan fingerprint density at radius 2 is 1.73 bits per heavy atom. The highest BCUT2D eigenvalue weighted by molar-refractivity contribution is 6.09. The highest BCUT2D eigenvalue weighted by Crippen LogP contribution is 2.33. The molecule has 2 aliphatic heterocycles. The molecule has 0 radical (unpaired) electrons. The molecule has 1 saturated heterocycles. The van der Waals surface area contributed by atoms with Gasteiger partial charge in [0.1, 0.15) is 5.69 Å². The maximum atomic E-state index is 13.7.